The Morgan fingerprint density at radius 3 is 2.50 bits per heavy atom. The van der Waals surface area contributed by atoms with E-state index >= 15 is 0 Å². The molecule has 5 heteroatoms. The van der Waals surface area contributed by atoms with Crippen molar-refractivity contribution in [2.75, 3.05) is 13.7 Å². The van der Waals surface area contributed by atoms with E-state index in [0.29, 0.717) is 19.1 Å². The summed E-state index contributed by atoms with van der Waals surface area (Å²) in [5, 5.41) is 3.19. The lowest BCUT2D eigenvalue weighted by atomic mass is 9.85. The number of halogens is 1. The molecular formula is C15H24IN3O. The van der Waals surface area contributed by atoms with Crippen LogP contribution in [0.2, 0.25) is 0 Å². The SMILES string of the molecule is COCc1ccc(CN=C(N)NCC2CCC2)cc1.I. The fourth-order valence-electron chi connectivity index (χ4n) is 2.09. The van der Waals surface area contributed by atoms with E-state index in [1.165, 1.54) is 24.8 Å². The van der Waals surface area contributed by atoms with Crippen LogP contribution in [0, 0.1) is 5.92 Å². The van der Waals surface area contributed by atoms with Crippen LogP contribution in [0.3, 0.4) is 0 Å². The molecule has 4 nitrogen and oxygen atoms in total. The Balaban J connectivity index is 0.00000200. The number of benzene rings is 1. The summed E-state index contributed by atoms with van der Waals surface area (Å²) < 4.78 is 5.08. The average Bonchev–Trinajstić information content (AvgIpc) is 2.36. The molecule has 3 N–H and O–H groups in total. The Morgan fingerprint density at radius 1 is 1.30 bits per heavy atom. The second kappa shape index (κ2) is 9.18. The lowest BCUT2D eigenvalue weighted by Gasteiger charge is -2.25. The maximum atomic E-state index is 5.85. The molecule has 1 saturated carbocycles. The predicted molar refractivity (Wildman–Crippen MR) is 93.2 cm³/mol. The van der Waals surface area contributed by atoms with Crippen molar-refractivity contribution in [3.8, 4) is 0 Å². The van der Waals surface area contributed by atoms with Gasteiger partial charge in [-0.05, 0) is 29.9 Å². The molecule has 0 aromatic heterocycles. The highest BCUT2D eigenvalue weighted by molar-refractivity contribution is 14.0. The van der Waals surface area contributed by atoms with Gasteiger partial charge in [0.25, 0.3) is 0 Å². The number of ether oxygens (including phenoxy) is 1. The molecule has 0 amide bonds. The number of nitrogens with one attached hydrogen (secondary N) is 1. The maximum absolute atomic E-state index is 5.85. The second-order valence-corrected chi connectivity index (χ2v) is 5.13. The normalized spacial score (nSPS) is 15.3. The highest BCUT2D eigenvalue weighted by atomic mass is 127. The first-order chi connectivity index (χ1) is 9.28. The number of rotatable bonds is 6. The van der Waals surface area contributed by atoms with Gasteiger partial charge in [-0.3, -0.25) is 0 Å². The van der Waals surface area contributed by atoms with Gasteiger partial charge >= 0.3 is 0 Å². The van der Waals surface area contributed by atoms with E-state index in [1.807, 2.05) is 0 Å². The molecule has 1 aliphatic carbocycles. The molecule has 0 unspecified atom stereocenters. The number of hydrogen-bond acceptors (Lipinski definition) is 2. The van der Waals surface area contributed by atoms with E-state index in [2.05, 4.69) is 34.6 Å². The van der Waals surface area contributed by atoms with Gasteiger partial charge in [-0.2, -0.15) is 0 Å². The van der Waals surface area contributed by atoms with Gasteiger partial charge in [0, 0.05) is 13.7 Å². The molecule has 1 aromatic rings. The minimum atomic E-state index is 0. The molecule has 0 atom stereocenters. The molecule has 0 heterocycles. The van der Waals surface area contributed by atoms with E-state index in [9.17, 15) is 0 Å². The van der Waals surface area contributed by atoms with Crippen molar-refractivity contribution in [2.24, 2.45) is 16.6 Å². The summed E-state index contributed by atoms with van der Waals surface area (Å²) in [5.74, 6) is 1.34. The van der Waals surface area contributed by atoms with Gasteiger partial charge in [-0.15, -0.1) is 24.0 Å². The van der Waals surface area contributed by atoms with Crippen molar-refractivity contribution >= 4 is 29.9 Å². The Morgan fingerprint density at radius 2 is 1.95 bits per heavy atom. The number of methoxy groups -OCH3 is 1. The summed E-state index contributed by atoms with van der Waals surface area (Å²) in [7, 11) is 1.70. The smallest absolute Gasteiger partial charge is 0.188 e. The highest BCUT2D eigenvalue weighted by Crippen LogP contribution is 2.24. The van der Waals surface area contributed by atoms with Crippen molar-refractivity contribution in [1.29, 1.82) is 0 Å². The Labute approximate surface area is 138 Å². The lowest BCUT2D eigenvalue weighted by molar-refractivity contribution is 0.185. The van der Waals surface area contributed by atoms with Crippen LogP contribution in [0.5, 0.6) is 0 Å². The van der Waals surface area contributed by atoms with Crippen LogP contribution in [0.25, 0.3) is 0 Å². The van der Waals surface area contributed by atoms with Crippen molar-refractivity contribution in [1.82, 2.24) is 5.32 Å². The van der Waals surface area contributed by atoms with E-state index in [1.54, 1.807) is 7.11 Å². The molecule has 1 fully saturated rings. The number of nitrogens with zero attached hydrogens (tertiary/aromatic N) is 1. The third kappa shape index (κ3) is 5.66. The van der Waals surface area contributed by atoms with Crippen molar-refractivity contribution in [3.63, 3.8) is 0 Å². The van der Waals surface area contributed by atoms with Crippen LogP contribution in [0.15, 0.2) is 29.3 Å². The quantitative estimate of drug-likeness (QED) is 0.447. The van der Waals surface area contributed by atoms with Gasteiger partial charge < -0.3 is 15.8 Å². The molecular weight excluding hydrogens is 365 g/mol. The second-order valence-electron chi connectivity index (χ2n) is 5.13. The summed E-state index contributed by atoms with van der Waals surface area (Å²) in [6.07, 6.45) is 4.00. The molecule has 0 spiro atoms. The molecule has 112 valence electrons. The van der Waals surface area contributed by atoms with Crippen LogP contribution in [0.1, 0.15) is 30.4 Å². The van der Waals surface area contributed by atoms with Crippen molar-refractivity contribution in [3.05, 3.63) is 35.4 Å². The van der Waals surface area contributed by atoms with Crippen LogP contribution < -0.4 is 11.1 Å². The zero-order chi connectivity index (χ0) is 13.5. The fraction of sp³-hybridized carbons (Fsp3) is 0.533. The zero-order valence-electron chi connectivity index (χ0n) is 12.0. The van der Waals surface area contributed by atoms with Gasteiger partial charge in [0.05, 0.1) is 13.2 Å². The summed E-state index contributed by atoms with van der Waals surface area (Å²) in [5.41, 5.74) is 8.18. The fourth-order valence-corrected chi connectivity index (χ4v) is 2.09. The van der Waals surface area contributed by atoms with Crippen LogP contribution in [0.4, 0.5) is 0 Å². The summed E-state index contributed by atoms with van der Waals surface area (Å²) in [6.45, 7) is 2.23. The summed E-state index contributed by atoms with van der Waals surface area (Å²) in [6, 6.07) is 8.26. The standard InChI is InChI=1S/C15H23N3O.HI/c1-19-11-14-7-5-13(6-8-14)10-18-15(16)17-9-12-3-2-4-12;/h5-8,12H,2-4,9-11H2,1H3,(H3,16,17,18);1H. The topological polar surface area (TPSA) is 59.6 Å². The van der Waals surface area contributed by atoms with Crippen molar-refractivity contribution in [2.45, 2.75) is 32.4 Å². The largest absolute Gasteiger partial charge is 0.380 e. The molecule has 1 aliphatic rings. The monoisotopic (exact) mass is 389 g/mol. The molecule has 0 aliphatic heterocycles. The van der Waals surface area contributed by atoms with E-state index in [0.717, 1.165) is 18.0 Å². The predicted octanol–water partition coefficient (Wildman–Crippen LogP) is 2.66. The Kier molecular flexibility index (Phi) is 7.91. The summed E-state index contributed by atoms with van der Waals surface area (Å²) in [4.78, 5) is 4.35. The van der Waals surface area contributed by atoms with Crippen LogP contribution in [-0.4, -0.2) is 19.6 Å². The number of guanidine groups is 1. The van der Waals surface area contributed by atoms with E-state index in [4.69, 9.17) is 10.5 Å². The first kappa shape index (κ1) is 17.2. The van der Waals surface area contributed by atoms with Crippen LogP contribution >= 0.6 is 24.0 Å². The Hall–Kier alpha value is -0.820. The molecule has 20 heavy (non-hydrogen) atoms. The van der Waals surface area contributed by atoms with Gasteiger partial charge in [0.1, 0.15) is 0 Å². The van der Waals surface area contributed by atoms with E-state index < -0.39 is 0 Å². The maximum Gasteiger partial charge on any atom is 0.188 e. The van der Waals surface area contributed by atoms with Gasteiger partial charge in [0.2, 0.25) is 0 Å². The van der Waals surface area contributed by atoms with Gasteiger partial charge in [-0.1, -0.05) is 30.7 Å². The molecule has 1 aromatic carbocycles. The molecule has 2 rings (SSSR count). The third-order valence-electron chi connectivity index (χ3n) is 3.56. The Bertz CT molecular complexity index is 416. The van der Waals surface area contributed by atoms with Crippen molar-refractivity contribution < 1.29 is 4.74 Å². The highest BCUT2D eigenvalue weighted by Gasteiger charge is 2.16. The number of hydrogen-bond donors (Lipinski definition) is 2. The number of aliphatic imine (C=N–C) groups is 1. The van der Waals surface area contributed by atoms with Crippen LogP contribution in [-0.2, 0) is 17.9 Å². The third-order valence-corrected chi connectivity index (χ3v) is 3.56. The zero-order valence-corrected chi connectivity index (χ0v) is 14.3. The van der Waals surface area contributed by atoms with E-state index in [-0.39, 0.29) is 24.0 Å². The van der Waals surface area contributed by atoms with Gasteiger partial charge in [0.15, 0.2) is 5.96 Å². The molecule has 0 bridgehead atoms. The summed E-state index contributed by atoms with van der Waals surface area (Å²) >= 11 is 0. The lowest BCUT2D eigenvalue weighted by Crippen LogP contribution is -2.37. The average molecular weight is 389 g/mol. The van der Waals surface area contributed by atoms with Gasteiger partial charge in [-0.25, -0.2) is 4.99 Å². The molecule has 0 radical (unpaired) electrons. The first-order valence-electron chi connectivity index (χ1n) is 6.88. The minimum Gasteiger partial charge on any atom is -0.380 e. The molecule has 0 saturated heterocycles. The minimum absolute atomic E-state index is 0. The first-order valence-corrected chi connectivity index (χ1v) is 6.88. The number of nitrogens with two attached hydrogens (primary N) is 1.